The number of benzene rings is 4. The van der Waals surface area contributed by atoms with Gasteiger partial charge in [0.2, 0.25) is 0 Å². The Hall–Kier alpha value is -2.02. The van der Waals surface area contributed by atoms with Crippen LogP contribution in [0, 0.1) is 0 Å². The summed E-state index contributed by atoms with van der Waals surface area (Å²) < 4.78 is 11.1. The normalized spacial score (nSPS) is 12.7. The molecule has 0 amide bonds. The van der Waals surface area contributed by atoms with E-state index in [2.05, 4.69) is 122 Å². The van der Waals surface area contributed by atoms with E-state index in [-0.39, 0.29) is 0 Å². The van der Waals surface area contributed by atoms with Crippen molar-refractivity contribution in [3.63, 3.8) is 0 Å². The SMILES string of the molecule is COc1cccc[c]1[Sb]([Br])([c]1ccccc1)([c]1ccccc1)[c]1ccccc1. The van der Waals surface area contributed by atoms with E-state index in [0.717, 1.165) is 5.75 Å². The zero-order chi connectivity index (χ0) is 19.5. The van der Waals surface area contributed by atoms with Crippen LogP contribution in [0.5, 0.6) is 5.75 Å². The van der Waals surface area contributed by atoms with Crippen molar-refractivity contribution in [1.29, 1.82) is 0 Å². The van der Waals surface area contributed by atoms with Gasteiger partial charge in [-0.15, -0.1) is 0 Å². The number of methoxy groups -OCH3 is 1. The van der Waals surface area contributed by atoms with Gasteiger partial charge >= 0.3 is 175 Å². The molecule has 0 saturated carbocycles. The van der Waals surface area contributed by atoms with Gasteiger partial charge in [0, 0.05) is 0 Å². The molecule has 4 aromatic rings. The van der Waals surface area contributed by atoms with Gasteiger partial charge in [0.25, 0.3) is 0 Å². The Kier molecular flexibility index (Phi) is 5.36. The van der Waals surface area contributed by atoms with Crippen LogP contribution in [0.3, 0.4) is 0 Å². The van der Waals surface area contributed by atoms with E-state index in [1.54, 1.807) is 7.11 Å². The molecule has 0 aliphatic heterocycles. The van der Waals surface area contributed by atoms with Crippen molar-refractivity contribution in [2.75, 3.05) is 7.11 Å². The summed E-state index contributed by atoms with van der Waals surface area (Å²) in [6, 6.07) is 41.0. The summed E-state index contributed by atoms with van der Waals surface area (Å²) in [4.78, 5) is 0. The number of halogens is 1. The zero-order valence-electron chi connectivity index (χ0n) is 15.7. The molecule has 4 aromatic carbocycles. The number of para-hydroxylation sites is 1. The Morgan fingerprint density at radius 1 is 0.536 bits per heavy atom. The third-order valence-electron chi connectivity index (χ3n) is 5.26. The average molecular weight is 540 g/mol. The van der Waals surface area contributed by atoms with Gasteiger partial charge in [0.05, 0.1) is 0 Å². The quantitative estimate of drug-likeness (QED) is 0.349. The topological polar surface area (TPSA) is 9.23 Å². The minimum atomic E-state index is -4.31. The molecule has 1 nitrogen and oxygen atoms in total. The fourth-order valence-electron chi connectivity index (χ4n) is 3.96. The summed E-state index contributed by atoms with van der Waals surface area (Å²) in [5, 5.41) is 0. The Bertz CT molecular complexity index is 966. The van der Waals surface area contributed by atoms with Gasteiger partial charge in [0.1, 0.15) is 0 Å². The van der Waals surface area contributed by atoms with Crippen molar-refractivity contribution in [2.45, 2.75) is 0 Å². The van der Waals surface area contributed by atoms with Crippen LogP contribution in [0.1, 0.15) is 0 Å². The van der Waals surface area contributed by atoms with Gasteiger partial charge < -0.3 is 0 Å². The third kappa shape index (κ3) is 2.82. The molecule has 0 aliphatic rings. The predicted molar refractivity (Wildman–Crippen MR) is 126 cm³/mol. The van der Waals surface area contributed by atoms with Gasteiger partial charge in [-0.05, 0) is 0 Å². The van der Waals surface area contributed by atoms with Crippen molar-refractivity contribution in [2.24, 2.45) is 0 Å². The summed E-state index contributed by atoms with van der Waals surface area (Å²) in [7, 11) is 1.76. The number of hydrogen-bond donors (Lipinski definition) is 0. The molecule has 0 heterocycles. The molecule has 0 saturated heterocycles. The van der Waals surface area contributed by atoms with Crippen molar-refractivity contribution in [3.8, 4) is 5.75 Å². The first kappa shape index (κ1) is 19.3. The van der Waals surface area contributed by atoms with Crippen molar-refractivity contribution < 1.29 is 4.74 Å². The van der Waals surface area contributed by atoms with Crippen LogP contribution in [0.15, 0.2) is 115 Å². The van der Waals surface area contributed by atoms with Gasteiger partial charge in [-0.1, -0.05) is 0 Å². The van der Waals surface area contributed by atoms with E-state index in [0.29, 0.717) is 0 Å². The van der Waals surface area contributed by atoms with Crippen molar-refractivity contribution in [1.82, 2.24) is 0 Å². The molecule has 140 valence electrons. The van der Waals surface area contributed by atoms with Gasteiger partial charge in [-0.2, -0.15) is 0 Å². The summed E-state index contributed by atoms with van der Waals surface area (Å²) in [6.07, 6.45) is 0. The molecule has 0 bridgehead atoms. The molecular formula is C25H22BrOSb. The molecule has 0 spiro atoms. The molecule has 0 fully saturated rings. The van der Waals surface area contributed by atoms with E-state index in [9.17, 15) is 0 Å². The molecule has 28 heavy (non-hydrogen) atoms. The second kappa shape index (κ2) is 7.77. The molecule has 0 N–H and O–H groups in total. The van der Waals surface area contributed by atoms with Crippen LogP contribution in [0.25, 0.3) is 0 Å². The van der Waals surface area contributed by atoms with Crippen molar-refractivity contribution in [3.05, 3.63) is 115 Å². The summed E-state index contributed by atoms with van der Waals surface area (Å²) in [5.74, 6) is 0.915. The summed E-state index contributed by atoms with van der Waals surface area (Å²) >= 11 is 0.230. The van der Waals surface area contributed by atoms with Gasteiger partial charge in [-0.25, -0.2) is 0 Å². The third-order valence-corrected chi connectivity index (χ3v) is 30.6. The maximum absolute atomic E-state index is 5.90. The van der Waals surface area contributed by atoms with Gasteiger partial charge in [-0.3, -0.25) is 0 Å². The van der Waals surface area contributed by atoms with Crippen LogP contribution in [-0.4, -0.2) is 22.3 Å². The first-order chi connectivity index (χ1) is 13.7. The standard InChI is InChI=1S/C7H7O.3C6H5.BrH.Sb/c1-8-7-5-3-2-4-6-7;3*1-2-4-6-5-3-1;;/h2-5H,1H3;3*1-5H;1H;/q;;;;;+1/p-1. The second-order valence-corrected chi connectivity index (χ2v) is 27.8. The monoisotopic (exact) mass is 538 g/mol. The van der Waals surface area contributed by atoms with Crippen LogP contribution in [0.4, 0.5) is 0 Å². The molecule has 0 aliphatic carbocycles. The molecular weight excluding hydrogens is 518 g/mol. The minimum absolute atomic E-state index is 0.915. The number of rotatable bonds is 5. The average Bonchev–Trinajstić information content (AvgIpc) is 2.80. The molecule has 3 heteroatoms. The van der Waals surface area contributed by atoms with Crippen LogP contribution in [-0.2, 0) is 0 Å². The number of ether oxygens (including phenoxy) is 1. The first-order valence-corrected chi connectivity index (χ1v) is 20.1. The Labute approximate surface area is 173 Å². The van der Waals surface area contributed by atoms with E-state index in [1.807, 2.05) is 6.07 Å². The fraction of sp³-hybridized carbons (Fsp3) is 0.0400. The predicted octanol–water partition coefficient (Wildman–Crippen LogP) is 3.92. The van der Waals surface area contributed by atoms with Crippen LogP contribution >= 0.6 is 12.6 Å². The number of hydrogen-bond acceptors (Lipinski definition) is 1. The van der Waals surface area contributed by atoms with E-state index >= 15 is 0 Å². The molecule has 0 unspecified atom stereocenters. The second-order valence-electron chi connectivity index (χ2n) is 6.69. The maximum atomic E-state index is 5.90. The Morgan fingerprint density at radius 3 is 1.29 bits per heavy atom. The van der Waals surface area contributed by atoms with E-state index < -0.39 is 15.1 Å². The Balaban J connectivity index is 2.26. The first-order valence-electron chi connectivity index (χ1n) is 9.24. The van der Waals surface area contributed by atoms with Crippen molar-refractivity contribution >= 4 is 41.8 Å². The fourth-order valence-corrected chi connectivity index (χ4v) is 24.6. The molecule has 0 atom stereocenters. The van der Waals surface area contributed by atoms with Crippen LogP contribution < -0.4 is 18.8 Å². The van der Waals surface area contributed by atoms with Gasteiger partial charge in [0.15, 0.2) is 0 Å². The summed E-state index contributed by atoms with van der Waals surface area (Å²) in [6.45, 7) is 0. The van der Waals surface area contributed by atoms with Crippen LogP contribution in [0.2, 0.25) is 0 Å². The van der Waals surface area contributed by atoms with E-state index in [4.69, 9.17) is 4.74 Å². The molecule has 0 aromatic heterocycles. The van der Waals surface area contributed by atoms with E-state index in [1.165, 1.54) is 14.0 Å². The molecule has 4 rings (SSSR count). The molecule has 0 radical (unpaired) electrons. The Morgan fingerprint density at radius 2 is 0.893 bits per heavy atom. The summed E-state index contributed by atoms with van der Waals surface area (Å²) in [5.41, 5.74) is 0. The zero-order valence-corrected chi connectivity index (χ0v) is 19.8.